The van der Waals surface area contributed by atoms with Gasteiger partial charge in [-0.3, -0.25) is 9.59 Å². The molecule has 10 heteroatoms. The standard InChI is InChI=1S/C27H25FN2O7/c1-35-21-14-18(15-22(36-2)24(21)37-3)25(31)29-20(13-16-9-11-19(28)12-10-16)26(32)30-23(27(33)34)17-7-5-4-6-8-17/h4-15,23H,1-3H3,(H,29,31)(H,30,32)(H,33,34)/p-1/b20-13+/t23-/m1/s1. The molecule has 0 heterocycles. The number of carbonyl (C=O) groups excluding carboxylic acids is 3. The highest BCUT2D eigenvalue weighted by molar-refractivity contribution is 6.06. The molecule has 3 rings (SSSR count). The van der Waals surface area contributed by atoms with E-state index in [1.165, 1.54) is 75.9 Å². The molecular weight excluding hydrogens is 483 g/mol. The fraction of sp³-hybridized carbons (Fsp3) is 0.148. The molecule has 0 spiro atoms. The maximum atomic E-state index is 13.4. The van der Waals surface area contributed by atoms with E-state index in [9.17, 15) is 23.9 Å². The molecule has 3 aromatic rings. The summed E-state index contributed by atoms with van der Waals surface area (Å²) in [7, 11) is 4.18. The van der Waals surface area contributed by atoms with E-state index in [0.29, 0.717) is 5.56 Å². The van der Waals surface area contributed by atoms with Crippen LogP contribution in [0.25, 0.3) is 6.08 Å². The van der Waals surface area contributed by atoms with Crippen LogP contribution in [0.5, 0.6) is 17.2 Å². The lowest BCUT2D eigenvalue weighted by atomic mass is 10.1. The van der Waals surface area contributed by atoms with E-state index in [4.69, 9.17) is 14.2 Å². The highest BCUT2D eigenvalue weighted by atomic mass is 19.1. The Morgan fingerprint density at radius 2 is 1.49 bits per heavy atom. The second kappa shape index (κ2) is 12.2. The van der Waals surface area contributed by atoms with Crippen LogP contribution in [0, 0.1) is 5.82 Å². The van der Waals surface area contributed by atoms with Crippen molar-refractivity contribution in [3.63, 3.8) is 0 Å². The molecule has 0 aliphatic carbocycles. The van der Waals surface area contributed by atoms with E-state index < -0.39 is 29.6 Å². The smallest absolute Gasteiger partial charge is 0.268 e. The van der Waals surface area contributed by atoms with E-state index >= 15 is 0 Å². The minimum Gasteiger partial charge on any atom is -0.548 e. The van der Waals surface area contributed by atoms with Gasteiger partial charge in [0.2, 0.25) is 5.75 Å². The zero-order chi connectivity index (χ0) is 26.9. The number of rotatable bonds is 10. The number of carboxylic acids is 1. The Balaban J connectivity index is 1.98. The van der Waals surface area contributed by atoms with Crippen molar-refractivity contribution in [2.75, 3.05) is 21.3 Å². The fourth-order valence-corrected chi connectivity index (χ4v) is 3.42. The minimum absolute atomic E-state index is 0.0619. The van der Waals surface area contributed by atoms with Crippen LogP contribution >= 0.6 is 0 Å². The molecule has 0 aliphatic heterocycles. The van der Waals surface area contributed by atoms with E-state index in [2.05, 4.69) is 10.6 Å². The van der Waals surface area contributed by atoms with Crippen LogP contribution in [-0.2, 0) is 9.59 Å². The normalized spacial score (nSPS) is 11.7. The monoisotopic (exact) mass is 507 g/mol. The van der Waals surface area contributed by atoms with Crippen molar-refractivity contribution in [3.8, 4) is 17.2 Å². The number of nitrogens with one attached hydrogen (secondary N) is 2. The number of halogens is 1. The molecule has 0 bridgehead atoms. The number of hydrogen-bond donors (Lipinski definition) is 2. The van der Waals surface area contributed by atoms with Crippen LogP contribution in [0.4, 0.5) is 4.39 Å². The third-order valence-corrected chi connectivity index (χ3v) is 5.24. The van der Waals surface area contributed by atoms with Crippen LogP contribution in [0.2, 0.25) is 0 Å². The SMILES string of the molecule is COc1cc(C(=O)N/C(=C/c2ccc(F)cc2)C(=O)N[C@@H](C(=O)[O-])c2ccccc2)cc(OC)c1OC. The maximum absolute atomic E-state index is 13.4. The number of carbonyl (C=O) groups is 3. The molecule has 192 valence electrons. The zero-order valence-corrected chi connectivity index (χ0v) is 20.2. The molecule has 0 aliphatic rings. The number of carboxylic acid groups (broad SMARTS) is 1. The van der Waals surface area contributed by atoms with Crippen molar-refractivity contribution in [3.05, 3.63) is 94.9 Å². The first-order valence-corrected chi connectivity index (χ1v) is 10.9. The number of amides is 2. The minimum atomic E-state index is -1.54. The Labute approximate surface area is 212 Å². The summed E-state index contributed by atoms with van der Waals surface area (Å²) in [5.74, 6) is -3.00. The van der Waals surface area contributed by atoms with Crippen LogP contribution in [-0.4, -0.2) is 39.1 Å². The lowest BCUT2D eigenvalue weighted by Crippen LogP contribution is -2.44. The van der Waals surface area contributed by atoms with Gasteiger partial charge in [-0.1, -0.05) is 42.5 Å². The Morgan fingerprint density at radius 1 is 0.892 bits per heavy atom. The molecular formula is C27H24FN2O7-. The summed E-state index contributed by atoms with van der Waals surface area (Å²) in [5, 5.41) is 16.6. The zero-order valence-electron chi connectivity index (χ0n) is 20.2. The van der Waals surface area contributed by atoms with Crippen molar-refractivity contribution in [1.29, 1.82) is 0 Å². The molecule has 1 atom stereocenters. The number of ether oxygens (including phenoxy) is 3. The van der Waals surface area contributed by atoms with Crippen molar-refractivity contribution in [2.45, 2.75) is 6.04 Å². The van der Waals surface area contributed by atoms with Crippen molar-refractivity contribution >= 4 is 23.9 Å². The van der Waals surface area contributed by atoms with Crippen molar-refractivity contribution in [1.82, 2.24) is 10.6 Å². The Morgan fingerprint density at radius 3 is 2.00 bits per heavy atom. The molecule has 2 amide bonds. The van der Waals surface area contributed by atoms with Gasteiger partial charge in [0.15, 0.2) is 11.5 Å². The van der Waals surface area contributed by atoms with Gasteiger partial charge in [0.25, 0.3) is 11.8 Å². The van der Waals surface area contributed by atoms with Gasteiger partial charge < -0.3 is 34.7 Å². The first-order valence-electron chi connectivity index (χ1n) is 10.9. The average Bonchev–Trinajstić information content (AvgIpc) is 2.91. The summed E-state index contributed by atoms with van der Waals surface area (Å²) in [4.78, 5) is 38.1. The fourth-order valence-electron chi connectivity index (χ4n) is 3.42. The van der Waals surface area contributed by atoms with Crippen LogP contribution in [0.3, 0.4) is 0 Å². The van der Waals surface area contributed by atoms with Gasteiger partial charge in [-0.15, -0.1) is 0 Å². The summed E-state index contributed by atoms with van der Waals surface area (Å²) in [5.41, 5.74) is 0.411. The Kier molecular flexibility index (Phi) is 8.82. The van der Waals surface area contributed by atoms with Gasteiger partial charge in [-0.25, -0.2) is 4.39 Å². The van der Waals surface area contributed by atoms with Gasteiger partial charge in [0, 0.05) is 5.56 Å². The second-order valence-electron chi connectivity index (χ2n) is 7.61. The average molecular weight is 507 g/mol. The first kappa shape index (κ1) is 26.7. The highest BCUT2D eigenvalue weighted by Crippen LogP contribution is 2.38. The Bertz CT molecular complexity index is 1280. The lowest BCUT2D eigenvalue weighted by Gasteiger charge is -2.21. The van der Waals surface area contributed by atoms with E-state index in [0.717, 1.165) is 0 Å². The lowest BCUT2D eigenvalue weighted by molar-refractivity contribution is -0.308. The molecule has 9 nitrogen and oxygen atoms in total. The topological polar surface area (TPSA) is 126 Å². The van der Waals surface area contributed by atoms with Gasteiger partial charge in [0.1, 0.15) is 11.5 Å². The third-order valence-electron chi connectivity index (χ3n) is 5.24. The van der Waals surface area contributed by atoms with E-state index in [1.807, 2.05) is 0 Å². The molecule has 37 heavy (non-hydrogen) atoms. The largest absolute Gasteiger partial charge is 0.548 e. The van der Waals surface area contributed by atoms with Crippen LogP contribution in [0.1, 0.15) is 27.5 Å². The van der Waals surface area contributed by atoms with Crippen molar-refractivity contribution in [2.24, 2.45) is 0 Å². The number of aliphatic carboxylic acids is 1. The summed E-state index contributed by atoms with van der Waals surface area (Å²) < 4.78 is 29.2. The number of benzene rings is 3. The first-order chi connectivity index (χ1) is 17.8. The number of methoxy groups -OCH3 is 3. The summed E-state index contributed by atoms with van der Waals surface area (Å²) >= 11 is 0. The summed E-state index contributed by atoms with van der Waals surface area (Å²) in [6.45, 7) is 0. The van der Waals surface area contributed by atoms with E-state index in [1.54, 1.807) is 18.2 Å². The summed E-state index contributed by atoms with van der Waals surface area (Å²) in [6, 6.07) is 14.3. The molecule has 3 aromatic carbocycles. The van der Waals surface area contributed by atoms with Gasteiger partial charge in [0.05, 0.1) is 33.3 Å². The van der Waals surface area contributed by atoms with E-state index in [-0.39, 0.29) is 34.1 Å². The maximum Gasteiger partial charge on any atom is 0.268 e. The summed E-state index contributed by atoms with van der Waals surface area (Å²) in [6.07, 6.45) is 1.28. The van der Waals surface area contributed by atoms with Crippen LogP contribution in [0.15, 0.2) is 72.4 Å². The number of hydrogen-bond acceptors (Lipinski definition) is 7. The molecule has 2 N–H and O–H groups in total. The van der Waals surface area contributed by atoms with Crippen LogP contribution < -0.4 is 30.0 Å². The van der Waals surface area contributed by atoms with Crippen molar-refractivity contribution < 1.29 is 38.1 Å². The quantitative estimate of drug-likeness (QED) is 0.403. The highest BCUT2D eigenvalue weighted by Gasteiger charge is 2.22. The van der Waals surface area contributed by atoms with Gasteiger partial charge >= 0.3 is 0 Å². The molecule has 0 aromatic heterocycles. The predicted octanol–water partition coefficient (Wildman–Crippen LogP) is 2.23. The second-order valence-corrected chi connectivity index (χ2v) is 7.61. The third kappa shape index (κ3) is 6.63. The molecule has 0 fully saturated rings. The molecule has 0 saturated heterocycles. The molecule has 0 saturated carbocycles. The van der Waals surface area contributed by atoms with Gasteiger partial charge in [-0.2, -0.15) is 0 Å². The molecule has 0 unspecified atom stereocenters. The Hall–Kier alpha value is -4.86. The predicted molar refractivity (Wildman–Crippen MR) is 130 cm³/mol. The molecule has 0 radical (unpaired) electrons. The van der Waals surface area contributed by atoms with Gasteiger partial charge in [-0.05, 0) is 41.5 Å².